The molecule has 2 rings (SSSR count). The Morgan fingerprint density at radius 2 is 1.75 bits per heavy atom. The minimum absolute atomic E-state index is 0.334. The molecule has 1 fully saturated rings. The van der Waals surface area contributed by atoms with Crippen molar-refractivity contribution in [3.05, 3.63) is 35.4 Å². The van der Waals surface area contributed by atoms with E-state index in [1.54, 1.807) is 6.07 Å². The molecule has 1 saturated carbocycles. The van der Waals surface area contributed by atoms with Crippen molar-refractivity contribution in [1.29, 1.82) is 0 Å². The van der Waals surface area contributed by atoms with Gasteiger partial charge in [0.2, 0.25) is 0 Å². The van der Waals surface area contributed by atoms with Gasteiger partial charge in [0.05, 0.1) is 0 Å². The highest BCUT2D eigenvalue weighted by Gasteiger charge is 2.19. The van der Waals surface area contributed by atoms with Crippen molar-refractivity contribution in [2.75, 3.05) is 0 Å². The molecular weight excluding hydrogens is 208 g/mol. The predicted octanol–water partition coefficient (Wildman–Crippen LogP) is 3.02. The van der Waals surface area contributed by atoms with Gasteiger partial charge in [-0.15, -0.1) is 0 Å². The highest BCUT2D eigenvalue weighted by atomic mass is 19.2. The largest absolute Gasteiger partial charge is 0.328 e. The van der Waals surface area contributed by atoms with Gasteiger partial charge in [0.1, 0.15) is 0 Å². The van der Waals surface area contributed by atoms with Crippen LogP contribution in [0.2, 0.25) is 0 Å². The molecule has 2 N–H and O–H groups in total. The molecule has 88 valence electrons. The maximum atomic E-state index is 13.0. The second-order valence-corrected chi connectivity index (χ2v) is 4.73. The van der Waals surface area contributed by atoms with Crippen molar-refractivity contribution in [2.24, 2.45) is 11.7 Å². The summed E-state index contributed by atoms with van der Waals surface area (Å²) in [6.45, 7) is 0. The van der Waals surface area contributed by atoms with Gasteiger partial charge in [0.25, 0.3) is 0 Å². The van der Waals surface area contributed by atoms with Crippen molar-refractivity contribution in [1.82, 2.24) is 0 Å². The van der Waals surface area contributed by atoms with Crippen LogP contribution in [0.1, 0.15) is 31.2 Å². The molecule has 1 aliphatic carbocycles. The molecule has 0 saturated heterocycles. The Morgan fingerprint density at radius 1 is 1.06 bits per heavy atom. The smallest absolute Gasteiger partial charge is 0.159 e. The first-order chi connectivity index (χ1) is 7.65. The van der Waals surface area contributed by atoms with E-state index in [-0.39, 0.29) is 0 Å². The van der Waals surface area contributed by atoms with Gasteiger partial charge in [-0.25, -0.2) is 8.78 Å². The van der Waals surface area contributed by atoms with Gasteiger partial charge in [-0.1, -0.05) is 6.07 Å². The van der Waals surface area contributed by atoms with Gasteiger partial charge in [0.15, 0.2) is 11.6 Å². The monoisotopic (exact) mass is 225 g/mol. The molecular formula is C13H17F2N. The fraction of sp³-hybridized carbons (Fsp3) is 0.538. The molecule has 1 aliphatic rings. The lowest BCUT2D eigenvalue weighted by molar-refractivity contribution is 0.324. The van der Waals surface area contributed by atoms with Crippen LogP contribution < -0.4 is 5.73 Å². The molecule has 0 heterocycles. The highest BCUT2D eigenvalue weighted by molar-refractivity contribution is 5.18. The Balaban J connectivity index is 1.96. The Kier molecular flexibility index (Phi) is 3.54. The molecule has 0 atom stereocenters. The van der Waals surface area contributed by atoms with Crippen molar-refractivity contribution < 1.29 is 8.78 Å². The average molecular weight is 225 g/mol. The lowest BCUT2D eigenvalue weighted by Crippen LogP contribution is -2.27. The summed E-state index contributed by atoms with van der Waals surface area (Å²) >= 11 is 0. The van der Waals surface area contributed by atoms with Gasteiger partial charge in [-0.3, -0.25) is 0 Å². The molecule has 0 radical (unpaired) electrons. The van der Waals surface area contributed by atoms with Crippen LogP contribution in [0.25, 0.3) is 0 Å². The first kappa shape index (κ1) is 11.5. The van der Waals surface area contributed by atoms with Gasteiger partial charge in [-0.05, 0) is 55.7 Å². The molecule has 16 heavy (non-hydrogen) atoms. The molecule has 1 aromatic carbocycles. The SMILES string of the molecule is NC1CCC(Cc2ccc(F)c(F)c2)CC1. The van der Waals surface area contributed by atoms with Gasteiger partial charge >= 0.3 is 0 Å². The third-order valence-electron chi connectivity index (χ3n) is 3.40. The van der Waals surface area contributed by atoms with E-state index in [0.29, 0.717) is 12.0 Å². The van der Waals surface area contributed by atoms with Crippen molar-refractivity contribution in [2.45, 2.75) is 38.1 Å². The first-order valence-electron chi connectivity index (χ1n) is 5.84. The standard InChI is InChI=1S/C13H17F2N/c14-12-6-3-10(8-13(12)15)7-9-1-4-11(16)5-2-9/h3,6,8-9,11H,1-2,4-5,7,16H2. The normalized spacial score (nSPS) is 25.7. The number of hydrogen-bond donors (Lipinski definition) is 1. The van der Waals surface area contributed by atoms with Crippen LogP contribution in [0.5, 0.6) is 0 Å². The molecule has 0 amide bonds. The molecule has 1 aromatic rings. The second kappa shape index (κ2) is 4.91. The fourth-order valence-corrected chi connectivity index (χ4v) is 2.39. The number of benzene rings is 1. The molecule has 3 heteroatoms. The second-order valence-electron chi connectivity index (χ2n) is 4.73. The Bertz CT molecular complexity index is 357. The predicted molar refractivity (Wildman–Crippen MR) is 60.0 cm³/mol. The van der Waals surface area contributed by atoms with Crippen LogP contribution in [0.15, 0.2) is 18.2 Å². The lowest BCUT2D eigenvalue weighted by Gasteiger charge is -2.26. The molecule has 1 nitrogen and oxygen atoms in total. The van der Waals surface area contributed by atoms with E-state index in [9.17, 15) is 8.78 Å². The van der Waals surface area contributed by atoms with E-state index >= 15 is 0 Å². The summed E-state index contributed by atoms with van der Waals surface area (Å²) in [4.78, 5) is 0. The minimum Gasteiger partial charge on any atom is -0.328 e. The van der Waals surface area contributed by atoms with E-state index in [4.69, 9.17) is 5.73 Å². The zero-order valence-corrected chi connectivity index (χ0v) is 9.26. The summed E-state index contributed by atoms with van der Waals surface area (Å²) in [6, 6.07) is 4.52. The minimum atomic E-state index is -0.769. The topological polar surface area (TPSA) is 26.0 Å². The van der Waals surface area contributed by atoms with Crippen molar-refractivity contribution in [3.8, 4) is 0 Å². The van der Waals surface area contributed by atoms with Crippen LogP contribution in [0, 0.1) is 17.6 Å². The van der Waals surface area contributed by atoms with Crippen LogP contribution in [-0.2, 0) is 6.42 Å². The van der Waals surface area contributed by atoms with Crippen molar-refractivity contribution >= 4 is 0 Å². The molecule has 0 unspecified atom stereocenters. The zero-order chi connectivity index (χ0) is 11.5. The van der Waals surface area contributed by atoms with Gasteiger partial charge in [0, 0.05) is 6.04 Å². The van der Waals surface area contributed by atoms with E-state index < -0.39 is 11.6 Å². The van der Waals surface area contributed by atoms with E-state index in [0.717, 1.165) is 37.7 Å². The summed E-state index contributed by atoms with van der Waals surface area (Å²) in [6.07, 6.45) is 5.13. The van der Waals surface area contributed by atoms with Gasteiger partial charge < -0.3 is 5.73 Å². The Hall–Kier alpha value is -0.960. The van der Waals surface area contributed by atoms with Crippen LogP contribution >= 0.6 is 0 Å². The third-order valence-corrected chi connectivity index (χ3v) is 3.40. The number of hydrogen-bond acceptors (Lipinski definition) is 1. The quantitative estimate of drug-likeness (QED) is 0.822. The molecule has 0 aliphatic heterocycles. The maximum absolute atomic E-state index is 13.0. The zero-order valence-electron chi connectivity index (χ0n) is 9.26. The highest BCUT2D eigenvalue weighted by Crippen LogP contribution is 2.26. The molecule has 0 aromatic heterocycles. The Morgan fingerprint density at radius 3 is 2.38 bits per heavy atom. The van der Waals surface area contributed by atoms with Crippen LogP contribution in [0.3, 0.4) is 0 Å². The lowest BCUT2D eigenvalue weighted by atomic mass is 9.83. The summed E-state index contributed by atoms with van der Waals surface area (Å²) in [5.41, 5.74) is 6.71. The fourth-order valence-electron chi connectivity index (χ4n) is 2.39. The number of nitrogens with two attached hydrogens (primary N) is 1. The summed E-state index contributed by atoms with van der Waals surface area (Å²) in [5, 5.41) is 0. The van der Waals surface area contributed by atoms with Crippen LogP contribution in [0.4, 0.5) is 8.78 Å². The maximum Gasteiger partial charge on any atom is 0.159 e. The van der Waals surface area contributed by atoms with E-state index in [1.807, 2.05) is 0 Å². The summed E-state index contributed by atoms with van der Waals surface area (Å²) < 4.78 is 25.7. The van der Waals surface area contributed by atoms with E-state index in [2.05, 4.69) is 0 Å². The molecule has 0 spiro atoms. The summed E-state index contributed by atoms with van der Waals surface area (Å²) in [7, 11) is 0. The average Bonchev–Trinajstić information content (AvgIpc) is 2.27. The third kappa shape index (κ3) is 2.79. The first-order valence-corrected chi connectivity index (χ1v) is 5.84. The summed E-state index contributed by atoms with van der Waals surface area (Å²) in [5.74, 6) is -0.941. The van der Waals surface area contributed by atoms with Gasteiger partial charge in [-0.2, -0.15) is 0 Å². The van der Waals surface area contributed by atoms with E-state index in [1.165, 1.54) is 12.1 Å². The van der Waals surface area contributed by atoms with Crippen LogP contribution in [-0.4, -0.2) is 6.04 Å². The molecule has 0 bridgehead atoms. The number of halogens is 2. The number of rotatable bonds is 2. The van der Waals surface area contributed by atoms with Crippen molar-refractivity contribution in [3.63, 3.8) is 0 Å². The Labute approximate surface area is 94.7 Å².